The minimum atomic E-state index is -0.469. The molecule has 6 nitrogen and oxygen atoms in total. The number of ether oxygens (including phenoxy) is 1. The van der Waals surface area contributed by atoms with Crippen LogP contribution < -0.4 is 15.5 Å². The Balaban J connectivity index is 1.53. The number of nitrogens with zero attached hydrogens (tertiary/aromatic N) is 3. The molecule has 2 heterocycles. The minimum Gasteiger partial charge on any atom is -0.378 e. The quantitative estimate of drug-likeness (QED) is 0.654. The molecule has 0 amide bonds. The number of aromatic nitrogens is 2. The van der Waals surface area contributed by atoms with Crippen molar-refractivity contribution < 1.29 is 9.13 Å². The lowest BCUT2D eigenvalue weighted by atomic mass is 10.2. The summed E-state index contributed by atoms with van der Waals surface area (Å²) in [5.74, 6) is 0.561. The molecule has 2 N–H and O–H groups in total. The molecule has 1 aromatic heterocycles. The highest BCUT2D eigenvalue weighted by Gasteiger charge is 2.15. The maximum Gasteiger partial charge on any atom is 0.229 e. The number of halogens is 2. The van der Waals surface area contributed by atoms with Gasteiger partial charge in [-0.05, 0) is 36.4 Å². The van der Waals surface area contributed by atoms with Crippen molar-refractivity contribution in [1.29, 1.82) is 0 Å². The second kappa shape index (κ2) is 8.41. The third-order valence-electron chi connectivity index (χ3n) is 4.35. The molecular formula is C20H19ClFN5O. The maximum absolute atomic E-state index is 13.3. The molecule has 1 aliphatic rings. The van der Waals surface area contributed by atoms with Crippen LogP contribution in [0, 0.1) is 5.82 Å². The molecule has 0 unspecified atom stereocenters. The summed E-state index contributed by atoms with van der Waals surface area (Å²) in [5.41, 5.74) is 2.67. The third kappa shape index (κ3) is 4.32. The van der Waals surface area contributed by atoms with E-state index in [1.54, 1.807) is 18.3 Å². The number of benzene rings is 2. The number of nitrogens with one attached hydrogen (secondary N) is 2. The van der Waals surface area contributed by atoms with Crippen molar-refractivity contribution in [1.82, 2.24) is 9.97 Å². The lowest BCUT2D eigenvalue weighted by Crippen LogP contribution is -2.36. The molecule has 0 radical (unpaired) electrons. The summed E-state index contributed by atoms with van der Waals surface area (Å²) in [7, 11) is 0. The van der Waals surface area contributed by atoms with Crippen molar-refractivity contribution in [3.05, 3.63) is 65.6 Å². The van der Waals surface area contributed by atoms with Crippen molar-refractivity contribution in [2.75, 3.05) is 41.8 Å². The molecule has 1 aliphatic heterocycles. The van der Waals surface area contributed by atoms with Crippen LogP contribution in [-0.4, -0.2) is 36.3 Å². The molecule has 0 aliphatic carbocycles. The van der Waals surface area contributed by atoms with E-state index >= 15 is 0 Å². The average Bonchev–Trinajstić information content (AvgIpc) is 2.72. The Labute approximate surface area is 167 Å². The molecule has 144 valence electrons. The lowest BCUT2D eigenvalue weighted by Gasteiger charge is -2.30. The van der Waals surface area contributed by atoms with Gasteiger partial charge in [-0.3, -0.25) is 0 Å². The van der Waals surface area contributed by atoms with Crippen molar-refractivity contribution >= 4 is 40.4 Å². The van der Waals surface area contributed by atoms with Gasteiger partial charge in [0.15, 0.2) is 0 Å². The van der Waals surface area contributed by atoms with Gasteiger partial charge in [0.25, 0.3) is 0 Å². The highest BCUT2D eigenvalue weighted by atomic mass is 35.5. The first-order valence-corrected chi connectivity index (χ1v) is 9.31. The Morgan fingerprint density at radius 3 is 2.68 bits per heavy atom. The molecule has 0 spiro atoms. The zero-order valence-electron chi connectivity index (χ0n) is 15.0. The van der Waals surface area contributed by atoms with Crippen molar-refractivity contribution in [3.8, 4) is 0 Å². The van der Waals surface area contributed by atoms with Crippen LogP contribution in [0.1, 0.15) is 0 Å². The van der Waals surface area contributed by atoms with E-state index in [9.17, 15) is 4.39 Å². The van der Waals surface area contributed by atoms with Gasteiger partial charge in [0.05, 0.1) is 29.6 Å². The fraction of sp³-hybridized carbons (Fsp3) is 0.200. The molecule has 0 bridgehead atoms. The van der Waals surface area contributed by atoms with Gasteiger partial charge in [0.1, 0.15) is 11.6 Å². The van der Waals surface area contributed by atoms with Crippen LogP contribution in [0.3, 0.4) is 0 Å². The Morgan fingerprint density at radius 2 is 1.86 bits per heavy atom. The summed E-state index contributed by atoms with van der Waals surface area (Å²) in [6.07, 6.45) is 1.65. The summed E-state index contributed by atoms with van der Waals surface area (Å²) < 4.78 is 18.8. The van der Waals surface area contributed by atoms with Gasteiger partial charge in [0.2, 0.25) is 5.95 Å². The Morgan fingerprint density at radius 1 is 1.04 bits per heavy atom. The van der Waals surface area contributed by atoms with Crippen LogP contribution in [-0.2, 0) is 4.74 Å². The van der Waals surface area contributed by atoms with Crippen LogP contribution >= 0.6 is 11.6 Å². The SMILES string of the molecule is Fc1ccc(Nc2nccc(Nc3ccccc3N3CCOCC3)n2)cc1Cl. The summed E-state index contributed by atoms with van der Waals surface area (Å²) in [6.45, 7) is 3.13. The predicted molar refractivity (Wildman–Crippen MR) is 109 cm³/mol. The van der Waals surface area contributed by atoms with Crippen LogP contribution in [0.5, 0.6) is 0 Å². The number of morpholine rings is 1. The fourth-order valence-corrected chi connectivity index (χ4v) is 3.17. The summed E-state index contributed by atoms with van der Waals surface area (Å²) in [6, 6.07) is 14.2. The van der Waals surface area contributed by atoms with Gasteiger partial charge < -0.3 is 20.3 Å². The normalized spacial score (nSPS) is 14.0. The molecule has 8 heteroatoms. The summed E-state index contributed by atoms with van der Waals surface area (Å²) in [4.78, 5) is 11.0. The summed E-state index contributed by atoms with van der Waals surface area (Å²) >= 11 is 5.83. The van der Waals surface area contributed by atoms with Gasteiger partial charge in [-0.15, -0.1) is 0 Å². The maximum atomic E-state index is 13.3. The van der Waals surface area contributed by atoms with Crippen LogP contribution in [0.15, 0.2) is 54.7 Å². The first-order valence-electron chi connectivity index (χ1n) is 8.93. The van der Waals surface area contributed by atoms with Crippen LogP contribution in [0.4, 0.5) is 33.2 Å². The first-order chi connectivity index (χ1) is 13.7. The largest absolute Gasteiger partial charge is 0.378 e. The van der Waals surface area contributed by atoms with Crippen LogP contribution in [0.25, 0.3) is 0 Å². The van der Waals surface area contributed by atoms with Gasteiger partial charge in [0, 0.05) is 25.0 Å². The van der Waals surface area contributed by atoms with E-state index in [1.807, 2.05) is 18.2 Å². The number of para-hydroxylation sites is 2. The zero-order valence-corrected chi connectivity index (χ0v) is 15.8. The first kappa shape index (κ1) is 18.5. The molecule has 1 saturated heterocycles. The van der Waals surface area contributed by atoms with Crippen molar-refractivity contribution in [2.24, 2.45) is 0 Å². The highest BCUT2D eigenvalue weighted by Crippen LogP contribution is 2.29. The molecule has 28 heavy (non-hydrogen) atoms. The molecule has 0 saturated carbocycles. The standard InChI is InChI=1S/C20H19ClFN5O/c21-15-13-14(5-6-16(15)22)24-20-23-8-7-19(26-20)25-17-3-1-2-4-18(17)27-9-11-28-12-10-27/h1-8,13H,9-12H2,(H2,23,24,25,26). The van der Waals surface area contributed by atoms with E-state index in [2.05, 4.69) is 31.6 Å². The third-order valence-corrected chi connectivity index (χ3v) is 4.64. The van der Waals surface area contributed by atoms with E-state index in [4.69, 9.17) is 16.3 Å². The Hall–Kier alpha value is -2.90. The van der Waals surface area contributed by atoms with Gasteiger partial charge in [-0.1, -0.05) is 23.7 Å². The van der Waals surface area contributed by atoms with Gasteiger partial charge in [-0.2, -0.15) is 4.98 Å². The highest BCUT2D eigenvalue weighted by molar-refractivity contribution is 6.31. The predicted octanol–water partition coefficient (Wildman–Crippen LogP) is 4.59. The number of rotatable bonds is 5. The van der Waals surface area contributed by atoms with Gasteiger partial charge >= 0.3 is 0 Å². The Bertz CT molecular complexity index is 965. The molecule has 2 aromatic carbocycles. The Kier molecular flexibility index (Phi) is 5.55. The van der Waals surface area contributed by atoms with E-state index in [0.717, 1.165) is 37.7 Å². The fourth-order valence-electron chi connectivity index (χ4n) is 2.99. The van der Waals surface area contributed by atoms with Crippen molar-refractivity contribution in [3.63, 3.8) is 0 Å². The lowest BCUT2D eigenvalue weighted by molar-refractivity contribution is 0.123. The zero-order chi connectivity index (χ0) is 19.3. The van der Waals surface area contributed by atoms with E-state index in [1.165, 1.54) is 12.1 Å². The van der Waals surface area contributed by atoms with Crippen LogP contribution in [0.2, 0.25) is 5.02 Å². The van der Waals surface area contributed by atoms with Gasteiger partial charge in [-0.25, -0.2) is 9.37 Å². The molecule has 3 aromatic rings. The molecule has 0 atom stereocenters. The second-order valence-electron chi connectivity index (χ2n) is 6.26. The topological polar surface area (TPSA) is 62.3 Å². The smallest absolute Gasteiger partial charge is 0.229 e. The molecule has 1 fully saturated rings. The summed E-state index contributed by atoms with van der Waals surface area (Å²) in [5, 5.41) is 6.43. The second-order valence-corrected chi connectivity index (χ2v) is 6.67. The monoisotopic (exact) mass is 399 g/mol. The molecular weight excluding hydrogens is 381 g/mol. The number of hydrogen-bond donors (Lipinski definition) is 2. The van der Waals surface area contributed by atoms with Crippen molar-refractivity contribution in [2.45, 2.75) is 0 Å². The number of hydrogen-bond acceptors (Lipinski definition) is 6. The van der Waals surface area contributed by atoms with E-state index in [-0.39, 0.29) is 5.02 Å². The van der Waals surface area contributed by atoms with E-state index in [0.29, 0.717) is 17.5 Å². The average molecular weight is 400 g/mol. The molecule has 4 rings (SSSR count). The minimum absolute atomic E-state index is 0.0405. The van der Waals surface area contributed by atoms with E-state index < -0.39 is 5.82 Å². The number of anilines is 5.